The first kappa shape index (κ1) is 18.6. The van der Waals surface area contributed by atoms with Gasteiger partial charge in [-0.25, -0.2) is 4.79 Å². The number of rotatable bonds is 5. The number of nitrogens with zero attached hydrogens (tertiary/aromatic N) is 2. The normalized spacial score (nSPS) is 13.1. The Labute approximate surface area is 158 Å². The molecule has 4 amide bonds. The zero-order valence-corrected chi connectivity index (χ0v) is 15.7. The van der Waals surface area contributed by atoms with Crippen LogP contribution < -0.4 is 5.32 Å². The summed E-state index contributed by atoms with van der Waals surface area (Å²) in [4.78, 5) is 40.2. The molecule has 1 N–H and O–H groups in total. The van der Waals surface area contributed by atoms with Crippen LogP contribution in [0, 0.1) is 5.92 Å². The molecule has 0 radical (unpaired) electrons. The quantitative estimate of drug-likeness (QED) is 0.823. The third-order valence-electron chi connectivity index (χ3n) is 4.38. The van der Waals surface area contributed by atoms with Crippen LogP contribution in [0.2, 0.25) is 0 Å². The fourth-order valence-corrected chi connectivity index (χ4v) is 3.05. The molecule has 0 saturated heterocycles. The Morgan fingerprint density at radius 3 is 2.37 bits per heavy atom. The number of hydrogen-bond donors (Lipinski definition) is 1. The molecular weight excluding hydrogens is 342 g/mol. The fourth-order valence-electron chi connectivity index (χ4n) is 3.05. The number of urea groups is 1. The number of fused-ring (bicyclic) bond motifs is 1. The van der Waals surface area contributed by atoms with Gasteiger partial charge < -0.3 is 10.2 Å². The van der Waals surface area contributed by atoms with Gasteiger partial charge >= 0.3 is 6.03 Å². The Bertz CT molecular complexity index is 877. The third kappa shape index (κ3) is 4.00. The molecule has 3 rings (SSSR count). The Kier molecular flexibility index (Phi) is 5.26. The number of carbonyl (C=O) groups excluding carboxylic acids is 3. The van der Waals surface area contributed by atoms with Crippen LogP contribution in [0.4, 0.5) is 10.5 Å². The van der Waals surface area contributed by atoms with Gasteiger partial charge in [-0.15, -0.1) is 0 Å². The average molecular weight is 365 g/mol. The van der Waals surface area contributed by atoms with Gasteiger partial charge in [-0.3, -0.25) is 14.5 Å². The molecule has 1 heterocycles. The zero-order valence-electron chi connectivity index (χ0n) is 15.7. The average Bonchev–Trinajstić information content (AvgIpc) is 2.87. The largest absolute Gasteiger partial charge is 0.323 e. The summed E-state index contributed by atoms with van der Waals surface area (Å²) in [6.07, 6.45) is 0. The summed E-state index contributed by atoms with van der Waals surface area (Å²) in [6, 6.07) is 14.2. The second-order valence-electron chi connectivity index (χ2n) is 7.15. The van der Waals surface area contributed by atoms with E-state index in [1.165, 1.54) is 4.90 Å². The summed E-state index contributed by atoms with van der Waals surface area (Å²) < 4.78 is 0. The van der Waals surface area contributed by atoms with E-state index in [1.807, 2.05) is 44.2 Å². The van der Waals surface area contributed by atoms with Gasteiger partial charge in [0, 0.05) is 25.8 Å². The molecule has 1 aliphatic rings. The van der Waals surface area contributed by atoms with Crippen molar-refractivity contribution < 1.29 is 14.4 Å². The molecule has 0 fully saturated rings. The van der Waals surface area contributed by atoms with Crippen molar-refractivity contribution in [2.45, 2.75) is 20.4 Å². The van der Waals surface area contributed by atoms with Gasteiger partial charge in [-0.05, 0) is 29.7 Å². The van der Waals surface area contributed by atoms with Gasteiger partial charge in [0.15, 0.2) is 0 Å². The van der Waals surface area contributed by atoms with E-state index >= 15 is 0 Å². The molecule has 0 saturated carbocycles. The van der Waals surface area contributed by atoms with Gasteiger partial charge in [0.25, 0.3) is 11.8 Å². The van der Waals surface area contributed by atoms with Crippen LogP contribution in [0.3, 0.4) is 0 Å². The number of anilines is 1. The summed E-state index contributed by atoms with van der Waals surface area (Å²) in [5, 5.41) is 2.79. The molecule has 6 heteroatoms. The summed E-state index contributed by atoms with van der Waals surface area (Å²) in [5.74, 6) is -0.391. The lowest BCUT2D eigenvalue weighted by atomic mass is 10.1. The van der Waals surface area contributed by atoms with Gasteiger partial charge in [-0.1, -0.05) is 44.2 Å². The molecule has 0 aliphatic carbocycles. The predicted octanol–water partition coefficient (Wildman–Crippen LogP) is 3.60. The predicted molar refractivity (Wildman–Crippen MR) is 104 cm³/mol. The highest BCUT2D eigenvalue weighted by Gasteiger charge is 2.35. The van der Waals surface area contributed by atoms with Crippen molar-refractivity contribution in [1.82, 2.24) is 9.80 Å². The second kappa shape index (κ2) is 7.61. The highest BCUT2D eigenvalue weighted by atomic mass is 16.2. The van der Waals surface area contributed by atoms with Crippen molar-refractivity contribution in [2.75, 3.05) is 18.9 Å². The van der Waals surface area contributed by atoms with Crippen molar-refractivity contribution in [1.29, 1.82) is 0 Å². The first-order valence-electron chi connectivity index (χ1n) is 8.93. The minimum atomic E-state index is -0.308. The van der Waals surface area contributed by atoms with E-state index in [-0.39, 0.29) is 23.8 Å². The van der Waals surface area contributed by atoms with E-state index in [0.717, 1.165) is 5.56 Å². The zero-order chi connectivity index (χ0) is 19.6. The minimum absolute atomic E-state index is 0.193. The van der Waals surface area contributed by atoms with Crippen LogP contribution in [0.1, 0.15) is 40.1 Å². The molecule has 0 aromatic heterocycles. The van der Waals surface area contributed by atoms with Crippen LogP contribution in [-0.2, 0) is 6.54 Å². The van der Waals surface area contributed by atoms with E-state index in [1.54, 1.807) is 30.1 Å². The van der Waals surface area contributed by atoms with Crippen molar-refractivity contribution in [3.8, 4) is 0 Å². The first-order valence-corrected chi connectivity index (χ1v) is 8.93. The highest BCUT2D eigenvalue weighted by Crippen LogP contribution is 2.26. The maximum absolute atomic E-state index is 12.5. The standard InChI is InChI=1S/C21H23N3O3/c1-14(2)12-24-19(25)17-10-9-16(11-18(17)20(24)26)22-21(27)23(3)13-15-7-5-4-6-8-15/h4-11,14H,12-13H2,1-3H3,(H,22,27). The second-order valence-corrected chi connectivity index (χ2v) is 7.15. The number of amides is 4. The molecule has 2 aromatic carbocycles. The number of imide groups is 1. The van der Waals surface area contributed by atoms with Crippen LogP contribution in [-0.4, -0.2) is 41.2 Å². The van der Waals surface area contributed by atoms with Crippen LogP contribution >= 0.6 is 0 Å². The molecule has 1 aliphatic heterocycles. The number of benzene rings is 2. The molecule has 0 atom stereocenters. The van der Waals surface area contributed by atoms with Crippen LogP contribution in [0.25, 0.3) is 0 Å². The molecule has 27 heavy (non-hydrogen) atoms. The van der Waals surface area contributed by atoms with Crippen molar-refractivity contribution in [3.05, 3.63) is 65.2 Å². The van der Waals surface area contributed by atoms with Crippen LogP contribution in [0.5, 0.6) is 0 Å². The van der Waals surface area contributed by atoms with Crippen molar-refractivity contribution in [3.63, 3.8) is 0 Å². The SMILES string of the molecule is CC(C)CN1C(=O)c2ccc(NC(=O)N(C)Cc3ccccc3)cc2C1=O. The molecule has 6 nitrogen and oxygen atoms in total. The molecule has 0 unspecified atom stereocenters. The molecule has 2 aromatic rings. The topological polar surface area (TPSA) is 69.7 Å². The van der Waals surface area contributed by atoms with E-state index in [2.05, 4.69) is 5.32 Å². The van der Waals surface area contributed by atoms with E-state index < -0.39 is 0 Å². The first-order chi connectivity index (χ1) is 12.9. The van der Waals surface area contributed by atoms with Crippen molar-refractivity contribution in [2.24, 2.45) is 5.92 Å². The summed E-state index contributed by atoms with van der Waals surface area (Å²) >= 11 is 0. The maximum atomic E-state index is 12.5. The van der Waals surface area contributed by atoms with E-state index in [0.29, 0.717) is 29.9 Å². The molecule has 0 spiro atoms. The summed E-state index contributed by atoms with van der Waals surface area (Å²) in [6.45, 7) is 4.76. The highest BCUT2D eigenvalue weighted by molar-refractivity contribution is 6.21. The lowest BCUT2D eigenvalue weighted by Gasteiger charge is -2.18. The molecular formula is C21H23N3O3. The minimum Gasteiger partial charge on any atom is -0.323 e. The van der Waals surface area contributed by atoms with E-state index in [4.69, 9.17) is 0 Å². The van der Waals surface area contributed by atoms with Gasteiger partial charge in [-0.2, -0.15) is 0 Å². The Hall–Kier alpha value is -3.15. The fraction of sp³-hybridized carbons (Fsp3) is 0.286. The maximum Gasteiger partial charge on any atom is 0.321 e. The Morgan fingerprint density at radius 1 is 1.04 bits per heavy atom. The van der Waals surface area contributed by atoms with Gasteiger partial charge in [0.05, 0.1) is 11.1 Å². The monoisotopic (exact) mass is 365 g/mol. The lowest BCUT2D eigenvalue weighted by Crippen LogP contribution is -2.33. The number of carbonyl (C=O) groups is 3. The summed E-state index contributed by atoms with van der Waals surface area (Å²) in [5.41, 5.74) is 2.24. The number of hydrogen-bond acceptors (Lipinski definition) is 3. The van der Waals surface area contributed by atoms with E-state index in [9.17, 15) is 14.4 Å². The number of nitrogens with one attached hydrogen (secondary N) is 1. The third-order valence-corrected chi connectivity index (χ3v) is 4.38. The Morgan fingerprint density at radius 2 is 1.70 bits per heavy atom. The van der Waals surface area contributed by atoms with Gasteiger partial charge in [0.1, 0.15) is 0 Å². The molecule has 0 bridgehead atoms. The Balaban J connectivity index is 1.71. The van der Waals surface area contributed by atoms with Gasteiger partial charge in [0.2, 0.25) is 0 Å². The summed E-state index contributed by atoms with van der Waals surface area (Å²) in [7, 11) is 1.70. The lowest BCUT2D eigenvalue weighted by molar-refractivity contribution is 0.0636. The molecule has 140 valence electrons. The van der Waals surface area contributed by atoms with Crippen LogP contribution in [0.15, 0.2) is 48.5 Å². The smallest absolute Gasteiger partial charge is 0.321 e. The van der Waals surface area contributed by atoms with Crippen molar-refractivity contribution >= 4 is 23.5 Å².